The Morgan fingerprint density at radius 2 is 1.59 bits per heavy atom. The first kappa shape index (κ1) is 23.7. The quantitative estimate of drug-likeness (QED) is 0.603. The maximum atomic E-state index is 12.3. The molecule has 0 aliphatic carbocycles. The number of nitrogens with zero attached hydrogens (tertiary/aromatic N) is 1. The zero-order chi connectivity index (χ0) is 23.0. The van der Waals surface area contributed by atoms with Crippen molar-refractivity contribution in [3.63, 3.8) is 0 Å². The molecule has 0 unspecified atom stereocenters. The highest BCUT2D eigenvalue weighted by molar-refractivity contribution is 7.89. The van der Waals surface area contributed by atoms with Crippen LogP contribution < -0.4 is 15.4 Å². The fourth-order valence-electron chi connectivity index (χ4n) is 3.58. The third-order valence-electron chi connectivity index (χ3n) is 5.30. The van der Waals surface area contributed by atoms with Gasteiger partial charge in [0.25, 0.3) is 0 Å². The fourth-order valence-corrected chi connectivity index (χ4v) is 4.09. The summed E-state index contributed by atoms with van der Waals surface area (Å²) in [5.41, 5.74) is 4.52. The Bertz CT molecular complexity index is 1130. The van der Waals surface area contributed by atoms with Crippen molar-refractivity contribution in [3.8, 4) is 0 Å². The Morgan fingerprint density at radius 1 is 0.938 bits per heavy atom. The fraction of sp³-hybridized carbons (Fsp3) is 0.240. The number of nitrogens with one attached hydrogen (secondary N) is 1. The van der Waals surface area contributed by atoms with Crippen molar-refractivity contribution in [2.24, 2.45) is 5.14 Å². The van der Waals surface area contributed by atoms with Crippen LogP contribution in [0.4, 0.5) is 5.69 Å². The molecule has 4 rings (SSSR count). The first-order valence-electron chi connectivity index (χ1n) is 10.6. The number of hydrogen-bond acceptors (Lipinski definition) is 4. The average molecular weight is 452 g/mol. The van der Waals surface area contributed by atoms with E-state index in [1.807, 2.05) is 60.5 Å². The maximum absolute atomic E-state index is 12.3. The molecule has 1 heterocycles. The van der Waals surface area contributed by atoms with Crippen LogP contribution in [0.3, 0.4) is 0 Å². The topological polar surface area (TPSA) is 92.5 Å². The monoisotopic (exact) mass is 451 g/mol. The van der Waals surface area contributed by atoms with Crippen LogP contribution in [-0.4, -0.2) is 34.5 Å². The molecule has 1 aliphatic heterocycles. The van der Waals surface area contributed by atoms with Crippen molar-refractivity contribution >= 4 is 21.6 Å². The van der Waals surface area contributed by atoms with Crippen molar-refractivity contribution in [1.82, 2.24) is 5.32 Å². The minimum Gasteiger partial charge on any atom is -0.319 e. The predicted octanol–water partition coefficient (Wildman–Crippen LogP) is 2.91. The molecule has 0 atom stereocenters. The van der Waals surface area contributed by atoms with Gasteiger partial charge in [-0.2, -0.15) is 0 Å². The summed E-state index contributed by atoms with van der Waals surface area (Å²) in [6.45, 7) is 1.68. The lowest BCUT2D eigenvalue weighted by atomic mass is 10.1. The molecule has 0 saturated heterocycles. The van der Waals surface area contributed by atoms with E-state index < -0.39 is 10.0 Å². The molecular formula is C25H29N3O3S. The zero-order valence-electron chi connectivity index (χ0n) is 18.2. The number of carbonyl (C=O) groups excluding carboxylic acids is 1. The van der Waals surface area contributed by atoms with E-state index in [4.69, 9.17) is 5.14 Å². The van der Waals surface area contributed by atoms with Gasteiger partial charge in [-0.25, -0.2) is 13.6 Å². The molecule has 0 fully saturated rings. The van der Waals surface area contributed by atoms with E-state index in [9.17, 15) is 13.2 Å². The van der Waals surface area contributed by atoms with Crippen LogP contribution in [0, 0.1) is 0 Å². The van der Waals surface area contributed by atoms with Crippen LogP contribution >= 0.6 is 0 Å². The Morgan fingerprint density at radius 3 is 2.25 bits per heavy atom. The van der Waals surface area contributed by atoms with Gasteiger partial charge in [0.1, 0.15) is 0 Å². The lowest BCUT2D eigenvalue weighted by Gasteiger charge is -2.17. The zero-order valence-corrected chi connectivity index (χ0v) is 19.0. The third kappa shape index (κ3) is 6.50. The van der Waals surface area contributed by atoms with Crippen molar-refractivity contribution in [2.75, 3.05) is 25.0 Å². The van der Waals surface area contributed by atoms with E-state index in [1.54, 1.807) is 12.1 Å². The first-order valence-corrected chi connectivity index (χ1v) is 12.1. The number of anilines is 1. The van der Waals surface area contributed by atoms with Crippen molar-refractivity contribution in [3.05, 3.63) is 95.6 Å². The second kappa shape index (κ2) is 11.0. The molecule has 7 heteroatoms. The van der Waals surface area contributed by atoms with Crippen LogP contribution in [0.25, 0.3) is 0 Å². The van der Waals surface area contributed by atoms with Crippen molar-refractivity contribution in [1.29, 1.82) is 0 Å². The second-order valence-electron chi connectivity index (χ2n) is 7.63. The number of rotatable bonds is 6. The maximum Gasteiger partial charge on any atom is 0.238 e. The highest BCUT2D eigenvalue weighted by atomic mass is 32.2. The summed E-state index contributed by atoms with van der Waals surface area (Å²) >= 11 is 0. The molecule has 1 amide bonds. The molecule has 0 bridgehead atoms. The normalized spacial score (nSPS) is 12.6. The van der Waals surface area contributed by atoms with E-state index >= 15 is 0 Å². The number of benzene rings is 3. The molecule has 32 heavy (non-hydrogen) atoms. The Hall–Kier alpha value is -3.00. The average Bonchev–Trinajstić information content (AvgIpc) is 3.23. The summed E-state index contributed by atoms with van der Waals surface area (Å²) in [6.07, 6.45) is 2.33. The molecule has 1 aliphatic rings. The largest absolute Gasteiger partial charge is 0.319 e. The van der Waals surface area contributed by atoms with Crippen molar-refractivity contribution < 1.29 is 13.2 Å². The minimum atomic E-state index is -3.56. The Labute approximate surface area is 190 Å². The second-order valence-corrected chi connectivity index (χ2v) is 9.19. The first-order chi connectivity index (χ1) is 15.4. The van der Waals surface area contributed by atoms with Crippen molar-refractivity contribution in [2.45, 2.75) is 24.2 Å². The lowest BCUT2D eigenvalue weighted by molar-refractivity contribution is -0.117. The van der Waals surface area contributed by atoms with Gasteiger partial charge in [0.15, 0.2) is 0 Å². The van der Waals surface area contributed by atoms with Gasteiger partial charge in [-0.05, 0) is 61.3 Å². The predicted molar refractivity (Wildman–Crippen MR) is 128 cm³/mol. The Kier molecular flexibility index (Phi) is 8.16. The standard InChI is InChI=1S/C16H15NO.C9H14N2O2S/c18-16(12-13-6-2-1-3-7-13)17-11-10-14-8-4-5-9-15(14)17;1-11-7-6-8-2-4-9(5-3-8)14(10,12)13/h1-9H,10-12H2;2-5,11H,6-7H2,1H3,(H2,10,12,13). The number of sulfonamides is 1. The van der Waals surface area contributed by atoms with Gasteiger partial charge in [-0.1, -0.05) is 60.7 Å². The number of fused-ring (bicyclic) bond motifs is 1. The highest BCUT2D eigenvalue weighted by Gasteiger charge is 2.23. The van der Waals surface area contributed by atoms with Gasteiger partial charge < -0.3 is 10.2 Å². The molecular weight excluding hydrogens is 422 g/mol. The van der Waals surface area contributed by atoms with Gasteiger partial charge in [0.05, 0.1) is 11.3 Å². The molecule has 6 nitrogen and oxygen atoms in total. The van der Waals surface area contributed by atoms with E-state index in [0.29, 0.717) is 6.42 Å². The molecule has 3 N–H and O–H groups in total. The number of primary sulfonamides is 1. The van der Waals surface area contributed by atoms with Gasteiger partial charge in [0, 0.05) is 12.2 Å². The molecule has 0 aromatic heterocycles. The van der Waals surface area contributed by atoms with Gasteiger partial charge in [-0.3, -0.25) is 4.79 Å². The third-order valence-corrected chi connectivity index (χ3v) is 6.23. The lowest BCUT2D eigenvalue weighted by Crippen LogP contribution is -2.30. The van der Waals surface area contributed by atoms with Gasteiger partial charge >= 0.3 is 0 Å². The van der Waals surface area contributed by atoms with Gasteiger partial charge in [-0.15, -0.1) is 0 Å². The number of amides is 1. The Balaban J connectivity index is 0.000000188. The smallest absolute Gasteiger partial charge is 0.238 e. The molecule has 0 radical (unpaired) electrons. The summed E-state index contributed by atoms with van der Waals surface area (Å²) in [4.78, 5) is 14.4. The highest BCUT2D eigenvalue weighted by Crippen LogP contribution is 2.27. The van der Waals surface area contributed by atoms with Crippen LogP contribution in [0.1, 0.15) is 16.7 Å². The summed E-state index contributed by atoms with van der Waals surface area (Å²) in [5.74, 6) is 0.186. The van der Waals surface area contributed by atoms with E-state index in [0.717, 1.165) is 42.7 Å². The van der Waals surface area contributed by atoms with Crippen LogP contribution in [0.2, 0.25) is 0 Å². The van der Waals surface area contributed by atoms with E-state index in [1.165, 1.54) is 17.7 Å². The molecule has 3 aromatic carbocycles. The number of para-hydroxylation sites is 1. The van der Waals surface area contributed by atoms with Gasteiger partial charge in [0.2, 0.25) is 15.9 Å². The van der Waals surface area contributed by atoms with E-state index in [-0.39, 0.29) is 10.8 Å². The molecule has 0 spiro atoms. The molecule has 168 valence electrons. The van der Waals surface area contributed by atoms with E-state index in [2.05, 4.69) is 11.4 Å². The summed E-state index contributed by atoms with van der Waals surface area (Å²) in [7, 11) is -1.68. The molecule has 3 aromatic rings. The molecule has 0 saturated carbocycles. The summed E-state index contributed by atoms with van der Waals surface area (Å²) in [6, 6.07) is 24.7. The van der Waals surface area contributed by atoms with Crippen LogP contribution in [-0.2, 0) is 34.1 Å². The number of carbonyl (C=O) groups is 1. The number of nitrogens with two attached hydrogens (primary N) is 1. The minimum absolute atomic E-state index is 0.158. The number of likely N-dealkylation sites (N-methyl/N-ethyl adjacent to an activating group) is 1. The summed E-state index contributed by atoms with van der Waals surface area (Å²) in [5, 5.41) is 7.98. The summed E-state index contributed by atoms with van der Waals surface area (Å²) < 4.78 is 21.8. The SMILES string of the molecule is CNCCc1ccc(S(N)(=O)=O)cc1.O=C(Cc1ccccc1)N1CCc2ccccc21. The van der Waals surface area contributed by atoms with Crippen LogP contribution in [0.15, 0.2) is 83.8 Å². The number of hydrogen-bond donors (Lipinski definition) is 2. The van der Waals surface area contributed by atoms with Crippen LogP contribution in [0.5, 0.6) is 0 Å².